The zero-order valence-corrected chi connectivity index (χ0v) is 18.7. The summed E-state index contributed by atoms with van der Waals surface area (Å²) in [5.41, 5.74) is 1.93. The Hall–Kier alpha value is -3.52. The normalized spacial score (nSPS) is 16.0. The van der Waals surface area contributed by atoms with Gasteiger partial charge in [-0.05, 0) is 68.7 Å². The SMILES string of the molecule is CC(C)(C(=O)NCCO)c1cc2cc(NC(=O)C3(c4ccc5c(c4)OCO5)CC3)ccc2[nH]1. The van der Waals surface area contributed by atoms with Crippen molar-refractivity contribution in [2.45, 2.75) is 37.5 Å². The lowest BCUT2D eigenvalue weighted by Gasteiger charge is -2.22. The Morgan fingerprint density at radius 2 is 1.88 bits per heavy atom. The van der Waals surface area contributed by atoms with E-state index in [4.69, 9.17) is 14.6 Å². The number of ether oxygens (including phenoxy) is 2. The number of benzene rings is 2. The molecule has 1 aliphatic carbocycles. The minimum absolute atomic E-state index is 0.0415. The van der Waals surface area contributed by atoms with E-state index in [0.29, 0.717) is 17.2 Å². The molecule has 0 saturated heterocycles. The summed E-state index contributed by atoms with van der Waals surface area (Å²) in [6.07, 6.45) is 1.57. The molecule has 1 aromatic heterocycles. The van der Waals surface area contributed by atoms with Crippen LogP contribution in [-0.2, 0) is 20.4 Å². The maximum Gasteiger partial charge on any atom is 0.235 e. The zero-order valence-electron chi connectivity index (χ0n) is 18.7. The number of H-pyrrole nitrogens is 1. The number of aliphatic hydroxyl groups is 1. The summed E-state index contributed by atoms with van der Waals surface area (Å²) in [6, 6.07) is 13.3. The van der Waals surface area contributed by atoms with Crippen LogP contribution >= 0.6 is 0 Å². The quantitative estimate of drug-likeness (QED) is 0.443. The maximum absolute atomic E-state index is 13.2. The second-order valence-electron chi connectivity index (χ2n) is 9.19. The molecule has 5 rings (SSSR count). The molecule has 2 amide bonds. The van der Waals surface area contributed by atoms with Crippen molar-refractivity contribution >= 4 is 28.4 Å². The lowest BCUT2D eigenvalue weighted by molar-refractivity contribution is -0.126. The van der Waals surface area contributed by atoms with E-state index in [-0.39, 0.29) is 31.8 Å². The number of hydrogen-bond donors (Lipinski definition) is 4. The van der Waals surface area contributed by atoms with E-state index in [2.05, 4.69) is 15.6 Å². The van der Waals surface area contributed by atoms with Gasteiger partial charge in [0.1, 0.15) is 0 Å². The highest BCUT2D eigenvalue weighted by Gasteiger charge is 2.51. The third-order valence-electron chi connectivity index (χ3n) is 6.63. The van der Waals surface area contributed by atoms with Crippen LogP contribution in [0.3, 0.4) is 0 Å². The van der Waals surface area contributed by atoms with Crippen LogP contribution in [0.15, 0.2) is 42.5 Å². The van der Waals surface area contributed by atoms with Crippen LogP contribution in [0, 0.1) is 0 Å². The molecule has 2 aromatic carbocycles. The molecular formula is C25H27N3O5. The molecule has 8 nitrogen and oxygen atoms in total. The van der Waals surface area contributed by atoms with Gasteiger partial charge < -0.3 is 30.2 Å². The number of carbonyl (C=O) groups is 2. The van der Waals surface area contributed by atoms with Crippen molar-refractivity contribution in [2.24, 2.45) is 0 Å². The first-order valence-corrected chi connectivity index (χ1v) is 11.1. The van der Waals surface area contributed by atoms with Gasteiger partial charge in [-0.3, -0.25) is 9.59 Å². The summed E-state index contributed by atoms with van der Waals surface area (Å²) in [5.74, 6) is 1.17. The number of aliphatic hydroxyl groups excluding tert-OH is 1. The van der Waals surface area contributed by atoms with E-state index in [1.807, 2.05) is 56.3 Å². The van der Waals surface area contributed by atoms with Crippen LogP contribution < -0.4 is 20.1 Å². The average Bonchev–Trinajstić information content (AvgIpc) is 3.29. The minimum atomic E-state index is -0.797. The van der Waals surface area contributed by atoms with E-state index < -0.39 is 10.8 Å². The van der Waals surface area contributed by atoms with Crippen molar-refractivity contribution in [3.8, 4) is 11.5 Å². The summed E-state index contributed by atoms with van der Waals surface area (Å²) in [5, 5.41) is 15.7. The lowest BCUT2D eigenvalue weighted by Crippen LogP contribution is -2.41. The Morgan fingerprint density at radius 3 is 2.64 bits per heavy atom. The third-order valence-corrected chi connectivity index (χ3v) is 6.63. The second kappa shape index (κ2) is 7.81. The Bertz CT molecular complexity index is 1240. The van der Waals surface area contributed by atoms with Gasteiger partial charge in [0.15, 0.2) is 11.5 Å². The molecule has 2 aliphatic rings. The van der Waals surface area contributed by atoms with Gasteiger partial charge in [-0.1, -0.05) is 6.07 Å². The van der Waals surface area contributed by atoms with Gasteiger partial charge in [0.05, 0.1) is 17.4 Å². The van der Waals surface area contributed by atoms with Gasteiger partial charge >= 0.3 is 0 Å². The number of rotatable bonds is 7. The first kappa shape index (κ1) is 21.3. The summed E-state index contributed by atoms with van der Waals surface area (Å²) < 4.78 is 10.9. The van der Waals surface area contributed by atoms with Crippen molar-refractivity contribution in [1.82, 2.24) is 10.3 Å². The van der Waals surface area contributed by atoms with Crippen LogP contribution in [0.5, 0.6) is 11.5 Å². The van der Waals surface area contributed by atoms with Gasteiger partial charge in [-0.2, -0.15) is 0 Å². The fourth-order valence-corrected chi connectivity index (χ4v) is 4.28. The van der Waals surface area contributed by atoms with Crippen LogP contribution in [0.25, 0.3) is 10.9 Å². The lowest BCUT2D eigenvalue weighted by atomic mass is 9.88. The summed E-state index contributed by atoms with van der Waals surface area (Å²) in [6.45, 7) is 3.97. The zero-order chi connectivity index (χ0) is 23.2. The monoisotopic (exact) mass is 449 g/mol. The Labute approximate surface area is 191 Å². The highest BCUT2D eigenvalue weighted by Crippen LogP contribution is 2.51. The second-order valence-corrected chi connectivity index (χ2v) is 9.19. The highest BCUT2D eigenvalue weighted by atomic mass is 16.7. The van der Waals surface area contributed by atoms with Gasteiger partial charge in [-0.25, -0.2) is 0 Å². The molecule has 3 aromatic rings. The molecule has 2 heterocycles. The third kappa shape index (κ3) is 3.70. The van der Waals surface area contributed by atoms with Crippen LogP contribution in [0.2, 0.25) is 0 Å². The number of fused-ring (bicyclic) bond motifs is 2. The number of hydrogen-bond acceptors (Lipinski definition) is 5. The summed E-state index contributed by atoms with van der Waals surface area (Å²) in [7, 11) is 0. The molecule has 8 heteroatoms. The van der Waals surface area contributed by atoms with Gasteiger partial charge in [0.25, 0.3) is 0 Å². The molecule has 33 heavy (non-hydrogen) atoms. The standard InChI is InChI=1S/C25H27N3O5/c1-24(2,22(30)26-9-10-29)21-12-15-11-17(4-5-18(15)28-21)27-23(31)25(7-8-25)16-3-6-19-20(13-16)33-14-32-19/h3-6,11-13,28-29H,7-10,14H2,1-2H3,(H,26,30)(H,27,31). The first-order chi connectivity index (χ1) is 15.8. The van der Waals surface area contributed by atoms with Crippen molar-refractivity contribution in [3.63, 3.8) is 0 Å². The Kier molecular flexibility index (Phi) is 5.05. The van der Waals surface area contributed by atoms with Crippen LogP contribution in [-0.4, -0.2) is 41.8 Å². The van der Waals surface area contributed by atoms with Crippen molar-refractivity contribution < 1.29 is 24.2 Å². The number of aromatic nitrogens is 1. The van der Waals surface area contributed by atoms with E-state index in [0.717, 1.165) is 35.0 Å². The fraction of sp³-hybridized carbons (Fsp3) is 0.360. The molecule has 1 aliphatic heterocycles. The number of amides is 2. The molecule has 0 unspecified atom stereocenters. The molecule has 1 fully saturated rings. The predicted molar refractivity (Wildman–Crippen MR) is 124 cm³/mol. The molecule has 4 N–H and O–H groups in total. The number of anilines is 1. The van der Waals surface area contributed by atoms with E-state index >= 15 is 0 Å². The van der Waals surface area contributed by atoms with Gasteiger partial charge in [0.2, 0.25) is 18.6 Å². The number of nitrogens with one attached hydrogen (secondary N) is 3. The Morgan fingerprint density at radius 1 is 1.09 bits per heavy atom. The topological polar surface area (TPSA) is 113 Å². The molecule has 1 saturated carbocycles. The average molecular weight is 450 g/mol. The maximum atomic E-state index is 13.2. The molecule has 172 valence electrons. The molecule has 0 spiro atoms. The molecule has 0 atom stereocenters. The predicted octanol–water partition coefficient (Wildman–Crippen LogP) is 2.95. The summed E-state index contributed by atoms with van der Waals surface area (Å²) in [4.78, 5) is 29.0. The van der Waals surface area contributed by atoms with Gasteiger partial charge in [0, 0.05) is 28.8 Å². The van der Waals surface area contributed by atoms with Crippen molar-refractivity contribution in [3.05, 3.63) is 53.7 Å². The molecule has 0 radical (unpaired) electrons. The molecule has 0 bridgehead atoms. The smallest absolute Gasteiger partial charge is 0.235 e. The van der Waals surface area contributed by atoms with Gasteiger partial charge in [-0.15, -0.1) is 0 Å². The minimum Gasteiger partial charge on any atom is -0.454 e. The van der Waals surface area contributed by atoms with Crippen LogP contribution in [0.1, 0.15) is 37.9 Å². The fourth-order valence-electron chi connectivity index (χ4n) is 4.28. The number of aromatic amines is 1. The van der Waals surface area contributed by atoms with E-state index in [9.17, 15) is 9.59 Å². The van der Waals surface area contributed by atoms with E-state index in [1.54, 1.807) is 0 Å². The molecular weight excluding hydrogens is 422 g/mol. The van der Waals surface area contributed by atoms with Crippen LogP contribution in [0.4, 0.5) is 5.69 Å². The van der Waals surface area contributed by atoms with Crippen molar-refractivity contribution in [2.75, 3.05) is 25.3 Å². The van der Waals surface area contributed by atoms with Crippen molar-refractivity contribution in [1.29, 1.82) is 0 Å². The number of carbonyl (C=O) groups excluding carboxylic acids is 2. The largest absolute Gasteiger partial charge is 0.454 e. The highest BCUT2D eigenvalue weighted by molar-refractivity contribution is 6.02. The van der Waals surface area contributed by atoms with E-state index in [1.165, 1.54) is 0 Å². The Balaban J connectivity index is 1.35. The first-order valence-electron chi connectivity index (χ1n) is 11.1. The summed E-state index contributed by atoms with van der Waals surface area (Å²) >= 11 is 0.